The molecule has 0 aliphatic rings. The number of carbonyl (C=O) groups is 2. The molecule has 2 unspecified atom stereocenters. The zero-order valence-electron chi connectivity index (χ0n) is 10.7. The number of nitrogens with one attached hydrogen (secondary N) is 2. The van der Waals surface area contributed by atoms with Crippen LogP contribution in [0.4, 0.5) is 10.5 Å². The van der Waals surface area contributed by atoms with E-state index >= 15 is 0 Å². The molecule has 2 amide bonds. The molecule has 1 aromatic carbocycles. The fraction of sp³-hybridized carbons (Fsp3) is 0.231. The predicted octanol–water partition coefficient (Wildman–Crippen LogP) is 1.86. The van der Waals surface area contributed by atoms with Crippen LogP contribution in [0.2, 0.25) is 0 Å². The second-order valence-corrected chi connectivity index (χ2v) is 5.28. The summed E-state index contributed by atoms with van der Waals surface area (Å²) in [5, 5.41) is 25.9. The van der Waals surface area contributed by atoms with Gasteiger partial charge in [-0.2, -0.15) is 0 Å². The van der Waals surface area contributed by atoms with Crippen molar-refractivity contribution in [1.82, 2.24) is 5.32 Å². The predicted molar refractivity (Wildman–Crippen MR) is 77.1 cm³/mol. The first-order chi connectivity index (χ1) is 9.47. The first-order valence-corrected chi connectivity index (χ1v) is 6.81. The van der Waals surface area contributed by atoms with Gasteiger partial charge in [0, 0.05) is 10.4 Å². The maximum absolute atomic E-state index is 11.7. The molecule has 0 aliphatic carbocycles. The molecule has 1 aromatic heterocycles. The van der Waals surface area contributed by atoms with Gasteiger partial charge in [-0.05, 0) is 42.0 Å². The minimum atomic E-state index is -1.35. The molecule has 7 heteroatoms. The van der Waals surface area contributed by atoms with E-state index in [1.54, 1.807) is 23.5 Å². The van der Waals surface area contributed by atoms with Crippen LogP contribution in [0.1, 0.15) is 6.92 Å². The summed E-state index contributed by atoms with van der Waals surface area (Å²) in [6.07, 6.45) is -1.18. The van der Waals surface area contributed by atoms with Crippen LogP contribution in [-0.4, -0.2) is 34.4 Å². The molecule has 0 saturated carbocycles. The second-order valence-electron chi connectivity index (χ2n) is 4.33. The number of benzene rings is 1. The number of carboxylic acid groups (broad SMARTS) is 1. The fourth-order valence-corrected chi connectivity index (χ4v) is 2.51. The van der Waals surface area contributed by atoms with E-state index in [0.717, 1.165) is 10.1 Å². The van der Waals surface area contributed by atoms with E-state index in [4.69, 9.17) is 5.11 Å². The number of amides is 2. The first kappa shape index (κ1) is 14.3. The third kappa shape index (κ3) is 3.25. The zero-order valence-corrected chi connectivity index (χ0v) is 11.5. The number of aliphatic hydroxyl groups excluding tert-OH is 1. The molecule has 106 valence electrons. The molecule has 0 bridgehead atoms. The smallest absolute Gasteiger partial charge is 0.328 e. The van der Waals surface area contributed by atoms with Crippen molar-refractivity contribution < 1.29 is 19.8 Å². The Labute approximate surface area is 119 Å². The molecule has 2 rings (SSSR count). The molecule has 2 aromatic rings. The van der Waals surface area contributed by atoms with Gasteiger partial charge < -0.3 is 20.8 Å². The topological polar surface area (TPSA) is 98.7 Å². The van der Waals surface area contributed by atoms with Gasteiger partial charge in [-0.25, -0.2) is 9.59 Å². The number of anilines is 1. The van der Waals surface area contributed by atoms with Crippen molar-refractivity contribution in [3.63, 3.8) is 0 Å². The Morgan fingerprint density at radius 2 is 2.05 bits per heavy atom. The average molecular weight is 294 g/mol. The summed E-state index contributed by atoms with van der Waals surface area (Å²) in [5.41, 5.74) is 0.558. The maximum atomic E-state index is 11.7. The molecular formula is C13H14N2O4S. The van der Waals surface area contributed by atoms with E-state index < -0.39 is 24.1 Å². The number of carboxylic acids is 1. The number of hydrogen-bond acceptors (Lipinski definition) is 4. The van der Waals surface area contributed by atoms with E-state index in [-0.39, 0.29) is 0 Å². The largest absolute Gasteiger partial charge is 0.480 e. The minimum absolute atomic E-state index is 0.558. The van der Waals surface area contributed by atoms with Gasteiger partial charge in [-0.1, -0.05) is 0 Å². The molecule has 0 saturated heterocycles. The monoisotopic (exact) mass is 294 g/mol. The number of aliphatic carboxylic acids is 1. The lowest BCUT2D eigenvalue weighted by Gasteiger charge is -2.17. The van der Waals surface area contributed by atoms with Crippen LogP contribution in [-0.2, 0) is 4.79 Å². The number of rotatable bonds is 4. The average Bonchev–Trinajstić information content (AvgIpc) is 2.82. The lowest BCUT2D eigenvalue weighted by molar-refractivity contribution is -0.141. The van der Waals surface area contributed by atoms with Crippen molar-refractivity contribution in [3.05, 3.63) is 29.6 Å². The summed E-state index contributed by atoms with van der Waals surface area (Å²) >= 11 is 1.59. The number of hydrogen-bond donors (Lipinski definition) is 4. The Morgan fingerprint density at radius 1 is 1.30 bits per heavy atom. The van der Waals surface area contributed by atoms with Crippen LogP contribution in [0.15, 0.2) is 29.6 Å². The Balaban J connectivity index is 2.05. The highest BCUT2D eigenvalue weighted by Gasteiger charge is 2.24. The Kier molecular flexibility index (Phi) is 4.21. The van der Waals surface area contributed by atoms with E-state index in [0.29, 0.717) is 5.69 Å². The highest BCUT2D eigenvalue weighted by atomic mass is 32.1. The lowest BCUT2D eigenvalue weighted by atomic mass is 10.2. The zero-order chi connectivity index (χ0) is 14.7. The van der Waals surface area contributed by atoms with Crippen LogP contribution >= 0.6 is 11.3 Å². The molecule has 0 fully saturated rings. The van der Waals surface area contributed by atoms with E-state index in [1.807, 2.05) is 17.5 Å². The van der Waals surface area contributed by atoms with E-state index in [2.05, 4.69) is 10.6 Å². The van der Waals surface area contributed by atoms with E-state index in [9.17, 15) is 14.7 Å². The van der Waals surface area contributed by atoms with Gasteiger partial charge in [-0.3, -0.25) is 0 Å². The van der Waals surface area contributed by atoms with Crippen molar-refractivity contribution in [3.8, 4) is 0 Å². The summed E-state index contributed by atoms with van der Waals surface area (Å²) in [6, 6.07) is 5.31. The SMILES string of the molecule is CC(O)C(NC(=O)Nc1ccc2sccc2c1)C(=O)O. The molecule has 4 N–H and O–H groups in total. The molecule has 2 atom stereocenters. The van der Waals surface area contributed by atoms with Crippen molar-refractivity contribution >= 4 is 39.1 Å². The summed E-state index contributed by atoms with van der Waals surface area (Å²) in [4.78, 5) is 22.6. The lowest BCUT2D eigenvalue weighted by Crippen LogP contribution is -2.49. The summed E-state index contributed by atoms with van der Waals surface area (Å²) in [6.45, 7) is 1.30. The van der Waals surface area contributed by atoms with Crippen LogP contribution in [0, 0.1) is 0 Å². The minimum Gasteiger partial charge on any atom is -0.480 e. The van der Waals surface area contributed by atoms with E-state index in [1.165, 1.54) is 6.92 Å². The van der Waals surface area contributed by atoms with Crippen LogP contribution in [0.5, 0.6) is 0 Å². The van der Waals surface area contributed by atoms with Crippen LogP contribution < -0.4 is 10.6 Å². The third-order valence-corrected chi connectivity index (χ3v) is 3.64. The summed E-state index contributed by atoms with van der Waals surface area (Å²) in [5.74, 6) is -1.29. The van der Waals surface area contributed by atoms with Gasteiger partial charge in [0.1, 0.15) is 0 Å². The number of carbonyl (C=O) groups excluding carboxylic acids is 1. The van der Waals surface area contributed by atoms with Gasteiger partial charge in [0.2, 0.25) is 0 Å². The number of aliphatic hydroxyl groups is 1. The third-order valence-electron chi connectivity index (χ3n) is 2.75. The number of thiophene rings is 1. The fourth-order valence-electron chi connectivity index (χ4n) is 1.74. The normalized spacial score (nSPS) is 13.7. The van der Waals surface area contributed by atoms with Crippen molar-refractivity contribution in [2.45, 2.75) is 19.1 Å². The maximum Gasteiger partial charge on any atom is 0.328 e. The molecular weight excluding hydrogens is 280 g/mol. The standard InChI is InChI=1S/C13H14N2O4S/c1-7(16)11(12(17)18)15-13(19)14-9-2-3-10-8(6-9)4-5-20-10/h2-7,11,16H,1H3,(H,17,18)(H2,14,15,19). The van der Waals surface area contributed by atoms with Gasteiger partial charge in [-0.15, -0.1) is 11.3 Å². The number of urea groups is 1. The molecule has 1 heterocycles. The quantitative estimate of drug-likeness (QED) is 0.691. The van der Waals surface area contributed by atoms with Crippen molar-refractivity contribution in [2.75, 3.05) is 5.32 Å². The second kappa shape index (κ2) is 5.89. The summed E-state index contributed by atoms with van der Waals surface area (Å²) < 4.78 is 1.10. The van der Waals surface area contributed by atoms with Crippen LogP contribution in [0.25, 0.3) is 10.1 Å². The Morgan fingerprint density at radius 3 is 2.70 bits per heavy atom. The first-order valence-electron chi connectivity index (χ1n) is 5.93. The molecule has 0 spiro atoms. The van der Waals surface area contributed by atoms with Crippen molar-refractivity contribution in [1.29, 1.82) is 0 Å². The van der Waals surface area contributed by atoms with Gasteiger partial charge in [0.25, 0.3) is 0 Å². The van der Waals surface area contributed by atoms with Crippen LogP contribution in [0.3, 0.4) is 0 Å². The Bertz CT molecular complexity index is 638. The highest BCUT2D eigenvalue weighted by Crippen LogP contribution is 2.23. The van der Waals surface area contributed by atoms with Crippen molar-refractivity contribution in [2.24, 2.45) is 0 Å². The highest BCUT2D eigenvalue weighted by molar-refractivity contribution is 7.17. The molecule has 20 heavy (non-hydrogen) atoms. The number of fused-ring (bicyclic) bond motifs is 1. The van der Waals surface area contributed by atoms with Gasteiger partial charge in [0.15, 0.2) is 6.04 Å². The molecule has 0 radical (unpaired) electrons. The molecule has 6 nitrogen and oxygen atoms in total. The summed E-state index contributed by atoms with van der Waals surface area (Å²) in [7, 11) is 0. The van der Waals surface area contributed by atoms with Gasteiger partial charge >= 0.3 is 12.0 Å². The Hall–Kier alpha value is -2.12. The molecule has 0 aliphatic heterocycles. The van der Waals surface area contributed by atoms with Gasteiger partial charge in [0.05, 0.1) is 6.10 Å².